The first-order valence-corrected chi connectivity index (χ1v) is 9.81. The van der Waals surface area contributed by atoms with Crippen molar-refractivity contribution in [2.24, 2.45) is 0 Å². The van der Waals surface area contributed by atoms with Crippen LogP contribution >= 0.6 is 0 Å². The molecular formula is C21H24F2N4O3. The largest absolute Gasteiger partial charge is 0.462 e. The Kier molecular flexibility index (Phi) is 7.29. The molecule has 1 N–H and O–H groups in total. The van der Waals surface area contributed by atoms with Gasteiger partial charge in [0.2, 0.25) is 5.91 Å². The zero-order chi connectivity index (χ0) is 21.5. The molecule has 1 aliphatic heterocycles. The molecule has 0 bridgehead atoms. The van der Waals surface area contributed by atoms with Gasteiger partial charge in [-0.05, 0) is 37.6 Å². The molecule has 30 heavy (non-hydrogen) atoms. The summed E-state index contributed by atoms with van der Waals surface area (Å²) >= 11 is 0. The van der Waals surface area contributed by atoms with Crippen molar-refractivity contribution in [3.8, 4) is 0 Å². The molecule has 1 amide bonds. The Hall–Kier alpha value is -3.07. The third kappa shape index (κ3) is 5.96. The van der Waals surface area contributed by atoms with Crippen molar-refractivity contribution in [3.63, 3.8) is 0 Å². The van der Waals surface area contributed by atoms with Gasteiger partial charge in [0.15, 0.2) is 0 Å². The van der Waals surface area contributed by atoms with Gasteiger partial charge in [0.25, 0.3) is 0 Å². The van der Waals surface area contributed by atoms with Crippen LogP contribution in [-0.4, -0.2) is 61.1 Å². The molecule has 0 saturated carbocycles. The van der Waals surface area contributed by atoms with Crippen LogP contribution in [-0.2, 0) is 9.53 Å². The summed E-state index contributed by atoms with van der Waals surface area (Å²) in [6.45, 7) is 4.95. The van der Waals surface area contributed by atoms with E-state index in [0.29, 0.717) is 31.8 Å². The lowest BCUT2D eigenvalue weighted by Crippen LogP contribution is -2.36. The van der Waals surface area contributed by atoms with Crippen molar-refractivity contribution < 1.29 is 23.1 Å². The van der Waals surface area contributed by atoms with E-state index in [0.717, 1.165) is 37.0 Å². The molecule has 9 heteroatoms. The van der Waals surface area contributed by atoms with Crippen molar-refractivity contribution in [2.75, 3.05) is 49.5 Å². The predicted molar refractivity (Wildman–Crippen MR) is 108 cm³/mol. The summed E-state index contributed by atoms with van der Waals surface area (Å²) < 4.78 is 31.5. The maximum Gasteiger partial charge on any atom is 0.339 e. The van der Waals surface area contributed by atoms with Crippen LogP contribution in [0, 0.1) is 11.6 Å². The number of anilines is 2. The van der Waals surface area contributed by atoms with E-state index >= 15 is 0 Å². The van der Waals surface area contributed by atoms with Crippen molar-refractivity contribution in [1.29, 1.82) is 0 Å². The van der Waals surface area contributed by atoms with Crippen molar-refractivity contribution >= 4 is 23.4 Å². The molecule has 2 heterocycles. The van der Waals surface area contributed by atoms with E-state index < -0.39 is 17.6 Å². The number of nitrogens with zero attached hydrogens (tertiary/aromatic N) is 3. The SMILES string of the molecule is CCOC(=O)c1ccc(N2CCCN(CC(=O)Nc3cc(F)cc(F)c3)CC2)nc1. The number of carbonyl (C=O) groups is 2. The Bertz CT molecular complexity index is 872. The average molecular weight is 418 g/mol. The zero-order valence-electron chi connectivity index (χ0n) is 16.7. The van der Waals surface area contributed by atoms with Gasteiger partial charge >= 0.3 is 5.97 Å². The quantitative estimate of drug-likeness (QED) is 0.727. The van der Waals surface area contributed by atoms with Crippen LogP contribution in [0.1, 0.15) is 23.7 Å². The highest BCUT2D eigenvalue weighted by molar-refractivity contribution is 5.92. The van der Waals surface area contributed by atoms with Crippen LogP contribution in [0.4, 0.5) is 20.3 Å². The van der Waals surface area contributed by atoms with Crippen LogP contribution in [0.3, 0.4) is 0 Å². The summed E-state index contributed by atoms with van der Waals surface area (Å²) in [5.41, 5.74) is 0.502. The summed E-state index contributed by atoms with van der Waals surface area (Å²) in [4.78, 5) is 32.4. The number of aromatic nitrogens is 1. The maximum atomic E-state index is 13.3. The lowest BCUT2D eigenvalue weighted by Gasteiger charge is -2.22. The molecule has 0 spiro atoms. The Morgan fingerprint density at radius 1 is 1.10 bits per heavy atom. The Labute approximate surface area is 173 Å². The number of pyridine rings is 1. The number of carbonyl (C=O) groups excluding carboxylic acids is 2. The monoisotopic (exact) mass is 418 g/mol. The van der Waals surface area contributed by atoms with Crippen LogP contribution in [0.25, 0.3) is 0 Å². The van der Waals surface area contributed by atoms with Crippen molar-refractivity contribution in [1.82, 2.24) is 9.88 Å². The summed E-state index contributed by atoms with van der Waals surface area (Å²) in [7, 11) is 0. The minimum Gasteiger partial charge on any atom is -0.462 e. The molecule has 1 fully saturated rings. The number of benzene rings is 1. The molecule has 7 nitrogen and oxygen atoms in total. The van der Waals surface area contributed by atoms with Crippen molar-refractivity contribution in [2.45, 2.75) is 13.3 Å². The first kappa shape index (κ1) is 21.6. The van der Waals surface area contributed by atoms with Gasteiger partial charge in [-0.25, -0.2) is 18.6 Å². The molecule has 0 radical (unpaired) electrons. The minimum absolute atomic E-state index is 0.0971. The molecule has 0 aliphatic carbocycles. The van der Waals surface area contributed by atoms with Gasteiger partial charge in [0, 0.05) is 44.1 Å². The van der Waals surface area contributed by atoms with Gasteiger partial charge < -0.3 is 15.0 Å². The summed E-state index contributed by atoms with van der Waals surface area (Å²) in [5, 5.41) is 2.53. The van der Waals surface area contributed by atoms with Crippen LogP contribution in [0.15, 0.2) is 36.5 Å². The fourth-order valence-corrected chi connectivity index (χ4v) is 3.30. The van der Waals surface area contributed by atoms with E-state index in [1.807, 2.05) is 4.90 Å². The molecule has 1 aromatic carbocycles. The average Bonchev–Trinajstić information content (AvgIpc) is 2.93. The fourth-order valence-electron chi connectivity index (χ4n) is 3.30. The normalized spacial score (nSPS) is 14.8. The lowest BCUT2D eigenvalue weighted by atomic mass is 10.2. The smallest absolute Gasteiger partial charge is 0.339 e. The second kappa shape index (κ2) is 10.1. The highest BCUT2D eigenvalue weighted by atomic mass is 19.1. The Balaban J connectivity index is 1.53. The number of amides is 1. The van der Waals surface area contributed by atoms with Crippen LogP contribution < -0.4 is 10.2 Å². The van der Waals surface area contributed by atoms with Gasteiger partial charge in [-0.1, -0.05) is 0 Å². The summed E-state index contributed by atoms with van der Waals surface area (Å²) in [6.07, 6.45) is 2.32. The highest BCUT2D eigenvalue weighted by Crippen LogP contribution is 2.16. The third-order valence-electron chi connectivity index (χ3n) is 4.69. The topological polar surface area (TPSA) is 74.8 Å². The van der Waals surface area contributed by atoms with Gasteiger partial charge in [0.1, 0.15) is 17.5 Å². The lowest BCUT2D eigenvalue weighted by molar-refractivity contribution is -0.117. The van der Waals surface area contributed by atoms with E-state index in [4.69, 9.17) is 4.74 Å². The number of rotatable bonds is 6. The summed E-state index contributed by atoms with van der Waals surface area (Å²) in [6, 6.07) is 6.39. The second-order valence-corrected chi connectivity index (χ2v) is 6.95. The van der Waals surface area contributed by atoms with Crippen molar-refractivity contribution in [3.05, 3.63) is 53.7 Å². The van der Waals surface area contributed by atoms with Gasteiger partial charge in [-0.15, -0.1) is 0 Å². The van der Waals surface area contributed by atoms with Gasteiger partial charge in [-0.2, -0.15) is 0 Å². The summed E-state index contributed by atoms with van der Waals surface area (Å²) in [5.74, 6) is -1.45. The molecule has 1 aliphatic rings. The Morgan fingerprint density at radius 3 is 2.53 bits per heavy atom. The first-order chi connectivity index (χ1) is 14.4. The number of hydrogen-bond donors (Lipinski definition) is 1. The van der Waals surface area contributed by atoms with E-state index in [9.17, 15) is 18.4 Å². The molecule has 160 valence electrons. The van der Waals surface area contributed by atoms with Crippen LogP contribution in [0.5, 0.6) is 0 Å². The molecule has 2 aromatic rings. The molecule has 0 atom stereocenters. The Morgan fingerprint density at radius 2 is 1.87 bits per heavy atom. The highest BCUT2D eigenvalue weighted by Gasteiger charge is 2.19. The molecular weight excluding hydrogens is 394 g/mol. The van der Waals surface area contributed by atoms with Gasteiger partial charge in [0.05, 0.1) is 18.7 Å². The second-order valence-electron chi connectivity index (χ2n) is 6.95. The van der Waals surface area contributed by atoms with Gasteiger partial charge in [-0.3, -0.25) is 9.69 Å². The zero-order valence-corrected chi connectivity index (χ0v) is 16.7. The van der Waals surface area contributed by atoms with E-state index in [2.05, 4.69) is 15.2 Å². The fraction of sp³-hybridized carbons (Fsp3) is 0.381. The number of nitrogens with one attached hydrogen (secondary N) is 1. The number of halogens is 2. The number of hydrogen-bond acceptors (Lipinski definition) is 6. The molecule has 1 aromatic heterocycles. The maximum absolute atomic E-state index is 13.3. The molecule has 3 rings (SSSR count). The van der Waals surface area contributed by atoms with E-state index in [1.54, 1.807) is 19.1 Å². The molecule has 1 saturated heterocycles. The van der Waals surface area contributed by atoms with Crippen LogP contribution in [0.2, 0.25) is 0 Å². The first-order valence-electron chi connectivity index (χ1n) is 9.81. The number of ether oxygens (including phenoxy) is 1. The molecule has 0 unspecified atom stereocenters. The van der Waals surface area contributed by atoms with E-state index in [-0.39, 0.29) is 18.1 Å². The van der Waals surface area contributed by atoms with E-state index in [1.165, 1.54) is 6.20 Å². The predicted octanol–water partition coefficient (Wildman–Crippen LogP) is 2.69. The third-order valence-corrected chi connectivity index (χ3v) is 4.69. The standard InChI is InChI=1S/C21H24F2N4O3/c1-2-30-21(29)15-4-5-19(24-13-15)27-7-3-6-26(8-9-27)14-20(28)25-18-11-16(22)10-17(23)12-18/h4-5,10-13H,2-3,6-9,14H2,1H3,(H,25,28). The number of esters is 1. The minimum atomic E-state index is -0.739.